The average Bonchev–Trinajstić information content (AvgIpc) is 2.03. The zero-order valence-electron chi connectivity index (χ0n) is 8.71. The van der Waals surface area contributed by atoms with Gasteiger partial charge in [-0.2, -0.15) is 13.2 Å². The van der Waals surface area contributed by atoms with Crippen LogP contribution in [0, 0.1) is 5.92 Å². The fourth-order valence-corrected chi connectivity index (χ4v) is 1.11. The van der Waals surface area contributed by atoms with Crippen LogP contribution in [-0.4, -0.2) is 6.18 Å². The molecule has 0 aromatic heterocycles. The summed E-state index contributed by atoms with van der Waals surface area (Å²) in [5, 5.41) is 0. The number of alkyl halides is 3. The summed E-state index contributed by atoms with van der Waals surface area (Å²) in [5.74, 6) is -1.61. The van der Waals surface area contributed by atoms with Crippen molar-refractivity contribution in [3.8, 4) is 0 Å². The first-order chi connectivity index (χ1) is 6.29. The Morgan fingerprint density at radius 3 is 2.00 bits per heavy atom. The van der Waals surface area contributed by atoms with Crippen molar-refractivity contribution in [1.82, 2.24) is 0 Å². The van der Waals surface area contributed by atoms with E-state index in [0.717, 1.165) is 0 Å². The molecule has 0 rings (SSSR count). The van der Waals surface area contributed by atoms with Crippen molar-refractivity contribution in [2.45, 2.75) is 46.2 Å². The Bertz CT molecular complexity index is 201. The number of hydrogen-bond acceptors (Lipinski definition) is 0. The molecule has 0 N–H and O–H groups in total. The van der Waals surface area contributed by atoms with Crippen molar-refractivity contribution in [1.29, 1.82) is 0 Å². The van der Waals surface area contributed by atoms with Gasteiger partial charge in [0.2, 0.25) is 5.83 Å². The van der Waals surface area contributed by atoms with Crippen LogP contribution >= 0.6 is 0 Å². The van der Waals surface area contributed by atoms with Crippen molar-refractivity contribution < 1.29 is 17.6 Å². The minimum Gasteiger partial charge on any atom is -0.202 e. The first-order valence-electron chi connectivity index (χ1n) is 4.73. The number of allylic oxidation sites excluding steroid dienone is 2. The van der Waals surface area contributed by atoms with E-state index in [9.17, 15) is 17.6 Å². The topological polar surface area (TPSA) is 0 Å². The molecule has 0 heterocycles. The van der Waals surface area contributed by atoms with Crippen LogP contribution in [-0.2, 0) is 0 Å². The van der Waals surface area contributed by atoms with E-state index in [1.807, 2.05) is 13.8 Å². The third-order valence-corrected chi connectivity index (χ3v) is 2.01. The molecule has 0 fully saturated rings. The Kier molecular flexibility index (Phi) is 5.16. The monoisotopic (exact) mass is 212 g/mol. The SMILES string of the molecule is CC/C(CCC(C)C)=C(\F)C(F)(F)F. The van der Waals surface area contributed by atoms with Crippen molar-refractivity contribution >= 4 is 0 Å². The first kappa shape index (κ1) is 13.5. The van der Waals surface area contributed by atoms with Gasteiger partial charge in [0.1, 0.15) is 0 Å². The smallest absolute Gasteiger partial charge is 0.202 e. The summed E-state index contributed by atoms with van der Waals surface area (Å²) < 4.78 is 48.7. The minimum atomic E-state index is -4.82. The van der Waals surface area contributed by atoms with Gasteiger partial charge in [0.15, 0.2) is 0 Å². The lowest BCUT2D eigenvalue weighted by atomic mass is 10.0. The summed E-state index contributed by atoms with van der Waals surface area (Å²) >= 11 is 0. The molecule has 0 amide bonds. The largest absolute Gasteiger partial charge is 0.442 e. The summed E-state index contributed by atoms with van der Waals surface area (Å²) in [4.78, 5) is 0. The normalized spacial score (nSPS) is 14.6. The van der Waals surface area contributed by atoms with Gasteiger partial charge in [-0.3, -0.25) is 0 Å². The van der Waals surface area contributed by atoms with E-state index >= 15 is 0 Å². The second-order valence-corrected chi connectivity index (χ2v) is 3.70. The predicted octanol–water partition coefficient (Wildman–Crippen LogP) is 4.62. The highest BCUT2D eigenvalue weighted by molar-refractivity contribution is 5.12. The fourth-order valence-electron chi connectivity index (χ4n) is 1.11. The molecule has 0 saturated heterocycles. The van der Waals surface area contributed by atoms with E-state index in [1.54, 1.807) is 6.92 Å². The molecule has 0 saturated carbocycles. The summed E-state index contributed by atoms with van der Waals surface area (Å²) in [5.41, 5.74) is -0.119. The van der Waals surface area contributed by atoms with Crippen LogP contribution in [0.2, 0.25) is 0 Å². The Labute approximate surface area is 82.0 Å². The lowest BCUT2D eigenvalue weighted by Crippen LogP contribution is -2.11. The third kappa shape index (κ3) is 4.63. The standard InChI is InChI=1S/C10H16F4/c1-4-8(6-5-7(2)3)9(11)10(12,13)14/h7H,4-6H2,1-3H3/b9-8+. The minimum absolute atomic E-state index is 0.119. The molecule has 0 radical (unpaired) electrons. The molecule has 0 aromatic carbocycles. The van der Waals surface area contributed by atoms with E-state index in [1.165, 1.54) is 0 Å². The zero-order valence-corrected chi connectivity index (χ0v) is 8.71. The number of hydrogen-bond donors (Lipinski definition) is 0. The van der Waals surface area contributed by atoms with Gasteiger partial charge in [0.05, 0.1) is 0 Å². The van der Waals surface area contributed by atoms with Crippen molar-refractivity contribution in [2.75, 3.05) is 0 Å². The van der Waals surface area contributed by atoms with Gasteiger partial charge < -0.3 is 0 Å². The van der Waals surface area contributed by atoms with Gasteiger partial charge in [-0.05, 0) is 30.8 Å². The Morgan fingerprint density at radius 2 is 1.71 bits per heavy atom. The molecular formula is C10H16F4. The van der Waals surface area contributed by atoms with Crippen molar-refractivity contribution in [3.63, 3.8) is 0 Å². The van der Waals surface area contributed by atoms with Crippen LogP contribution in [0.15, 0.2) is 11.4 Å². The second-order valence-electron chi connectivity index (χ2n) is 3.70. The molecule has 0 aromatic rings. The highest BCUT2D eigenvalue weighted by atomic mass is 19.4. The Balaban J connectivity index is 4.52. The maximum absolute atomic E-state index is 12.8. The lowest BCUT2D eigenvalue weighted by Gasteiger charge is -2.11. The van der Waals surface area contributed by atoms with E-state index in [2.05, 4.69) is 0 Å². The highest BCUT2D eigenvalue weighted by Crippen LogP contribution is 2.32. The van der Waals surface area contributed by atoms with E-state index < -0.39 is 12.0 Å². The Morgan fingerprint density at radius 1 is 1.21 bits per heavy atom. The van der Waals surface area contributed by atoms with Crippen LogP contribution in [0.5, 0.6) is 0 Å². The summed E-state index contributed by atoms with van der Waals surface area (Å²) in [6, 6.07) is 0. The van der Waals surface area contributed by atoms with Gasteiger partial charge in [0.25, 0.3) is 0 Å². The van der Waals surface area contributed by atoms with Crippen LogP contribution in [0.4, 0.5) is 17.6 Å². The number of halogens is 4. The molecular weight excluding hydrogens is 196 g/mol. The molecule has 0 unspecified atom stereocenters. The number of rotatable bonds is 4. The average molecular weight is 212 g/mol. The zero-order chi connectivity index (χ0) is 11.4. The molecule has 0 atom stereocenters. The molecule has 0 bridgehead atoms. The van der Waals surface area contributed by atoms with Gasteiger partial charge >= 0.3 is 6.18 Å². The van der Waals surface area contributed by atoms with Crippen molar-refractivity contribution in [2.24, 2.45) is 5.92 Å². The second kappa shape index (κ2) is 5.37. The maximum atomic E-state index is 12.8. The predicted molar refractivity (Wildman–Crippen MR) is 48.6 cm³/mol. The fraction of sp³-hybridized carbons (Fsp3) is 0.800. The first-order valence-corrected chi connectivity index (χ1v) is 4.73. The van der Waals surface area contributed by atoms with Gasteiger partial charge in [-0.1, -0.05) is 20.8 Å². The van der Waals surface area contributed by atoms with Crippen LogP contribution in [0.1, 0.15) is 40.0 Å². The van der Waals surface area contributed by atoms with E-state index in [-0.39, 0.29) is 24.3 Å². The van der Waals surface area contributed by atoms with Crippen LogP contribution in [0.3, 0.4) is 0 Å². The molecule has 0 aliphatic rings. The lowest BCUT2D eigenvalue weighted by molar-refractivity contribution is -0.110. The van der Waals surface area contributed by atoms with Crippen LogP contribution in [0.25, 0.3) is 0 Å². The molecule has 0 spiro atoms. The molecule has 0 aliphatic carbocycles. The molecule has 14 heavy (non-hydrogen) atoms. The molecule has 84 valence electrons. The molecule has 4 heteroatoms. The summed E-state index contributed by atoms with van der Waals surface area (Å²) in [7, 11) is 0. The van der Waals surface area contributed by atoms with Gasteiger partial charge in [-0.25, -0.2) is 4.39 Å². The quantitative estimate of drug-likeness (QED) is 0.596. The highest BCUT2D eigenvalue weighted by Gasteiger charge is 2.36. The van der Waals surface area contributed by atoms with Crippen LogP contribution < -0.4 is 0 Å². The van der Waals surface area contributed by atoms with Gasteiger partial charge in [-0.15, -0.1) is 0 Å². The third-order valence-electron chi connectivity index (χ3n) is 2.01. The summed E-state index contributed by atoms with van der Waals surface area (Å²) in [6.07, 6.45) is -3.91. The molecule has 0 aliphatic heterocycles. The summed E-state index contributed by atoms with van der Waals surface area (Å²) in [6.45, 7) is 5.35. The Hall–Kier alpha value is -0.540. The van der Waals surface area contributed by atoms with E-state index in [4.69, 9.17) is 0 Å². The maximum Gasteiger partial charge on any atom is 0.442 e. The van der Waals surface area contributed by atoms with Gasteiger partial charge in [0, 0.05) is 0 Å². The van der Waals surface area contributed by atoms with Crippen molar-refractivity contribution in [3.05, 3.63) is 11.4 Å². The van der Waals surface area contributed by atoms with E-state index in [0.29, 0.717) is 6.42 Å². The molecule has 0 nitrogen and oxygen atoms in total.